The van der Waals surface area contributed by atoms with E-state index in [4.69, 9.17) is 5.41 Å². The predicted octanol–water partition coefficient (Wildman–Crippen LogP) is -0.0131. The van der Waals surface area contributed by atoms with Crippen LogP contribution in [0.3, 0.4) is 0 Å². The molecule has 14 heavy (non-hydrogen) atoms. The van der Waals surface area contributed by atoms with Crippen LogP contribution < -0.4 is 10.6 Å². The Hall–Kier alpha value is -1.10. The zero-order valence-corrected chi connectivity index (χ0v) is 8.55. The molecular weight excluding hydrogens is 180 g/mol. The van der Waals surface area contributed by atoms with Gasteiger partial charge in [0, 0.05) is 19.6 Å². The summed E-state index contributed by atoms with van der Waals surface area (Å²) in [7, 11) is 0. The molecule has 0 bridgehead atoms. The van der Waals surface area contributed by atoms with Gasteiger partial charge in [0.2, 0.25) is 0 Å². The standard InChI is InChI=1S/C9H16N4O/c1-6(2)3-13-8(14)12-7(10)9(13)4-11-5-9/h6,11H,3-5H2,1-2H3,(H2,10,12,14). The first kappa shape index (κ1) is 9.45. The van der Waals surface area contributed by atoms with Crippen LogP contribution in [-0.2, 0) is 0 Å². The number of amides is 2. The van der Waals surface area contributed by atoms with Crippen LogP contribution in [0.25, 0.3) is 0 Å². The van der Waals surface area contributed by atoms with Crippen LogP contribution in [0.15, 0.2) is 0 Å². The maximum atomic E-state index is 11.6. The summed E-state index contributed by atoms with van der Waals surface area (Å²) in [6.45, 7) is 6.29. The molecule has 0 aromatic rings. The summed E-state index contributed by atoms with van der Waals surface area (Å²) >= 11 is 0. The van der Waals surface area contributed by atoms with Gasteiger partial charge in [-0.1, -0.05) is 13.8 Å². The summed E-state index contributed by atoms with van der Waals surface area (Å²) in [4.78, 5) is 13.4. The van der Waals surface area contributed by atoms with Crippen molar-refractivity contribution >= 4 is 11.9 Å². The smallest absolute Gasteiger partial charge is 0.311 e. The minimum absolute atomic E-state index is 0.120. The Bertz CT molecular complexity index is 283. The molecule has 0 unspecified atom stereocenters. The van der Waals surface area contributed by atoms with Gasteiger partial charge in [0.25, 0.3) is 0 Å². The molecule has 5 heteroatoms. The number of nitrogens with zero attached hydrogens (tertiary/aromatic N) is 1. The average Bonchev–Trinajstić information content (AvgIpc) is 2.21. The van der Waals surface area contributed by atoms with E-state index in [2.05, 4.69) is 24.5 Å². The molecule has 2 aliphatic rings. The molecule has 78 valence electrons. The van der Waals surface area contributed by atoms with Crippen molar-refractivity contribution in [2.24, 2.45) is 5.92 Å². The molecule has 3 N–H and O–H groups in total. The van der Waals surface area contributed by atoms with E-state index in [9.17, 15) is 4.79 Å². The molecule has 0 aromatic carbocycles. The number of amidine groups is 1. The zero-order valence-electron chi connectivity index (χ0n) is 8.55. The van der Waals surface area contributed by atoms with Crippen LogP contribution in [-0.4, -0.2) is 41.9 Å². The second-order valence-corrected chi connectivity index (χ2v) is 4.44. The van der Waals surface area contributed by atoms with Crippen LogP contribution in [0.4, 0.5) is 4.79 Å². The lowest BCUT2D eigenvalue weighted by Gasteiger charge is -2.44. The van der Waals surface area contributed by atoms with E-state index in [0.717, 1.165) is 6.54 Å². The van der Waals surface area contributed by atoms with E-state index in [1.165, 1.54) is 0 Å². The van der Waals surface area contributed by atoms with E-state index in [-0.39, 0.29) is 11.6 Å². The first-order chi connectivity index (χ1) is 6.56. The molecule has 0 radical (unpaired) electrons. The fraction of sp³-hybridized carbons (Fsp3) is 0.778. The molecule has 2 rings (SSSR count). The van der Waals surface area contributed by atoms with Crippen LogP contribution in [0.5, 0.6) is 0 Å². The van der Waals surface area contributed by atoms with Crippen molar-refractivity contribution in [1.82, 2.24) is 15.5 Å². The largest absolute Gasteiger partial charge is 0.323 e. The zero-order chi connectivity index (χ0) is 10.3. The Morgan fingerprint density at radius 3 is 2.64 bits per heavy atom. The van der Waals surface area contributed by atoms with Crippen molar-refractivity contribution in [3.63, 3.8) is 0 Å². The van der Waals surface area contributed by atoms with Crippen molar-refractivity contribution in [1.29, 1.82) is 5.41 Å². The van der Waals surface area contributed by atoms with Crippen LogP contribution in [0, 0.1) is 11.3 Å². The van der Waals surface area contributed by atoms with Gasteiger partial charge in [0.05, 0.1) is 0 Å². The van der Waals surface area contributed by atoms with Gasteiger partial charge in [-0.2, -0.15) is 0 Å². The Labute approximate surface area is 83.4 Å². The molecule has 0 atom stereocenters. The second-order valence-electron chi connectivity index (χ2n) is 4.44. The quantitative estimate of drug-likeness (QED) is 0.581. The number of carbonyl (C=O) groups excluding carboxylic acids is 1. The molecule has 0 saturated carbocycles. The summed E-state index contributed by atoms with van der Waals surface area (Å²) in [5, 5.41) is 13.5. The molecule has 2 amide bonds. The molecule has 0 aliphatic carbocycles. The number of hydrogen-bond donors (Lipinski definition) is 3. The van der Waals surface area contributed by atoms with Gasteiger partial charge < -0.3 is 10.2 Å². The monoisotopic (exact) mass is 196 g/mol. The normalized spacial score (nSPS) is 24.4. The van der Waals surface area contributed by atoms with Crippen LogP contribution in [0.2, 0.25) is 0 Å². The van der Waals surface area contributed by atoms with E-state index < -0.39 is 0 Å². The Morgan fingerprint density at radius 2 is 2.21 bits per heavy atom. The summed E-state index contributed by atoms with van der Waals surface area (Å²) in [5.41, 5.74) is -0.360. The third-order valence-corrected chi connectivity index (χ3v) is 2.84. The molecule has 2 aliphatic heterocycles. The van der Waals surface area contributed by atoms with Crippen molar-refractivity contribution < 1.29 is 4.79 Å². The van der Waals surface area contributed by atoms with E-state index in [0.29, 0.717) is 24.8 Å². The summed E-state index contributed by atoms with van der Waals surface area (Å²) in [5.74, 6) is 0.783. The van der Waals surface area contributed by atoms with E-state index in [1.54, 1.807) is 4.90 Å². The van der Waals surface area contributed by atoms with Crippen molar-refractivity contribution in [3.8, 4) is 0 Å². The minimum atomic E-state index is -0.360. The number of nitrogens with one attached hydrogen (secondary N) is 3. The molecule has 2 saturated heterocycles. The van der Waals surface area contributed by atoms with E-state index >= 15 is 0 Å². The molecule has 1 spiro atoms. The van der Waals surface area contributed by atoms with Gasteiger partial charge in [-0.3, -0.25) is 10.7 Å². The molecule has 2 fully saturated rings. The third kappa shape index (κ3) is 1.12. The van der Waals surface area contributed by atoms with Crippen molar-refractivity contribution in [2.45, 2.75) is 19.4 Å². The number of urea groups is 1. The lowest BCUT2D eigenvalue weighted by Crippen LogP contribution is -2.70. The van der Waals surface area contributed by atoms with Gasteiger partial charge in [0.15, 0.2) is 0 Å². The summed E-state index contributed by atoms with van der Waals surface area (Å²) < 4.78 is 0. The summed E-state index contributed by atoms with van der Waals surface area (Å²) in [6.07, 6.45) is 0. The van der Waals surface area contributed by atoms with Gasteiger partial charge >= 0.3 is 6.03 Å². The van der Waals surface area contributed by atoms with Crippen LogP contribution >= 0.6 is 0 Å². The SMILES string of the molecule is CC(C)CN1C(=O)NC(=N)C12CNC2. The fourth-order valence-electron chi connectivity index (χ4n) is 1.97. The molecule has 5 nitrogen and oxygen atoms in total. The fourth-order valence-corrected chi connectivity index (χ4v) is 1.97. The van der Waals surface area contributed by atoms with Gasteiger partial charge in [-0.05, 0) is 5.92 Å². The second kappa shape index (κ2) is 2.95. The maximum absolute atomic E-state index is 11.6. The van der Waals surface area contributed by atoms with Gasteiger partial charge in [-0.25, -0.2) is 4.79 Å². The summed E-state index contributed by atoms with van der Waals surface area (Å²) in [6, 6.07) is -0.120. The van der Waals surface area contributed by atoms with Crippen molar-refractivity contribution in [2.75, 3.05) is 19.6 Å². The predicted molar refractivity (Wildman–Crippen MR) is 53.4 cm³/mol. The number of rotatable bonds is 2. The highest BCUT2D eigenvalue weighted by Gasteiger charge is 2.54. The Balaban J connectivity index is 2.19. The topological polar surface area (TPSA) is 68.2 Å². The van der Waals surface area contributed by atoms with Crippen molar-refractivity contribution in [3.05, 3.63) is 0 Å². The van der Waals surface area contributed by atoms with Gasteiger partial charge in [-0.15, -0.1) is 0 Å². The minimum Gasteiger partial charge on any atom is -0.311 e. The third-order valence-electron chi connectivity index (χ3n) is 2.84. The Kier molecular flexibility index (Phi) is 1.99. The highest BCUT2D eigenvalue weighted by molar-refractivity contribution is 6.09. The van der Waals surface area contributed by atoms with Crippen LogP contribution in [0.1, 0.15) is 13.8 Å². The highest BCUT2D eigenvalue weighted by atomic mass is 16.2. The lowest BCUT2D eigenvalue weighted by atomic mass is 9.90. The first-order valence-electron chi connectivity index (χ1n) is 4.94. The highest BCUT2D eigenvalue weighted by Crippen LogP contribution is 2.27. The molecule has 0 aromatic heterocycles. The maximum Gasteiger partial charge on any atom is 0.323 e. The lowest BCUT2D eigenvalue weighted by molar-refractivity contribution is 0.126. The molecule has 2 heterocycles. The Morgan fingerprint density at radius 1 is 1.57 bits per heavy atom. The van der Waals surface area contributed by atoms with Gasteiger partial charge in [0.1, 0.15) is 11.4 Å². The van der Waals surface area contributed by atoms with E-state index in [1.807, 2.05) is 0 Å². The molecular formula is C9H16N4O. The first-order valence-corrected chi connectivity index (χ1v) is 4.94. The number of carbonyl (C=O) groups is 1. The average molecular weight is 196 g/mol. The number of hydrogen-bond acceptors (Lipinski definition) is 3.